The van der Waals surface area contributed by atoms with Gasteiger partial charge >= 0.3 is 0 Å². The molecule has 2 atom stereocenters. The molecular weight excluding hydrogens is 103 g/mol. The van der Waals surface area contributed by atoms with E-state index < -0.39 is 0 Å². The number of hydroxylamine groups is 1. The molecule has 5 heteroatoms. The van der Waals surface area contributed by atoms with Gasteiger partial charge < -0.3 is 5.21 Å². The topological polar surface area (TPSA) is 48.8 Å². The first-order chi connectivity index (χ1) is 2.89. The lowest BCUT2D eigenvalue weighted by Gasteiger charge is -2.07. The van der Waals surface area contributed by atoms with Crippen molar-refractivity contribution in [1.29, 1.82) is 0 Å². The molecule has 0 bridgehead atoms. The minimum Gasteiger partial charge on any atom is -0.611 e. The lowest BCUT2D eigenvalue weighted by molar-refractivity contribution is -0.898. The molecular formula is CH5N2O2P. The Balaban J connectivity index is 2.18. The van der Waals surface area contributed by atoms with Gasteiger partial charge in [0.25, 0.3) is 0 Å². The van der Waals surface area contributed by atoms with Crippen molar-refractivity contribution in [2.75, 3.05) is 6.29 Å². The normalized spacial score (nSPS) is 38.5. The monoisotopic (exact) mass is 108 g/mol. The highest BCUT2D eigenvalue weighted by Gasteiger charge is 2.03. The number of nitrogens with one attached hydrogen (secondary N) is 2. The highest BCUT2D eigenvalue weighted by molar-refractivity contribution is 7.31. The summed E-state index contributed by atoms with van der Waals surface area (Å²) in [5.74, 6) is 0. The quantitative estimate of drug-likeness (QED) is 0.289. The highest BCUT2D eigenvalue weighted by Crippen LogP contribution is 2.04. The zero-order valence-corrected chi connectivity index (χ0v) is 4.02. The van der Waals surface area contributed by atoms with E-state index in [-0.39, 0.29) is 5.17 Å². The van der Waals surface area contributed by atoms with E-state index in [0.29, 0.717) is 15.1 Å². The predicted molar refractivity (Wildman–Crippen MR) is 21.7 cm³/mol. The fraction of sp³-hybridized carbons (Fsp3) is 1.00. The molecule has 0 amide bonds. The molecule has 1 aliphatic rings. The van der Waals surface area contributed by atoms with Gasteiger partial charge in [0.15, 0.2) is 0 Å². The summed E-state index contributed by atoms with van der Waals surface area (Å²) >= 11 is 0. The van der Waals surface area contributed by atoms with E-state index in [1.165, 1.54) is 0 Å². The van der Waals surface area contributed by atoms with Crippen molar-refractivity contribution in [3.05, 3.63) is 5.21 Å². The van der Waals surface area contributed by atoms with Crippen LogP contribution in [0, 0.1) is 5.21 Å². The Morgan fingerprint density at radius 1 is 2.00 bits per heavy atom. The van der Waals surface area contributed by atoms with Crippen molar-refractivity contribution >= 4 is 8.81 Å². The molecule has 0 radical (unpaired) electrons. The van der Waals surface area contributed by atoms with Crippen LogP contribution in [-0.2, 0) is 4.62 Å². The van der Waals surface area contributed by atoms with Gasteiger partial charge in [-0.25, -0.2) is 4.62 Å². The third kappa shape index (κ3) is 0.864. The van der Waals surface area contributed by atoms with Crippen molar-refractivity contribution in [2.24, 2.45) is 0 Å². The second kappa shape index (κ2) is 1.82. The summed E-state index contributed by atoms with van der Waals surface area (Å²) in [5.41, 5.74) is 2.19. The first kappa shape index (κ1) is 4.43. The van der Waals surface area contributed by atoms with Crippen molar-refractivity contribution in [1.82, 2.24) is 5.59 Å². The van der Waals surface area contributed by atoms with Gasteiger partial charge in [0.2, 0.25) is 0 Å². The van der Waals surface area contributed by atoms with Crippen LogP contribution < -0.4 is 10.8 Å². The van der Waals surface area contributed by atoms with E-state index in [1.54, 1.807) is 0 Å². The molecule has 0 aliphatic carbocycles. The lowest BCUT2D eigenvalue weighted by atomic mass is 11.4. The Labute approximate surface area is 36.8 Å². The van der Waals surface area contributed by atoms with Crippen LogP contribution in [0.15, 0.2) is 0 Å². The Bertz CT molecular complexity index is 44.8. The van der Waals surface area contributed by atoms with Crippen LogP contribution in [0.1, 0.15) is 0 Å². The Morgan fingerprint density at radius 2 is 2.83 bits per heavy atom. The van der Waals surface area contributed by atoms with E-state index in [4.69, 9.17) is 0 Å². The number of hydrogen-bond donors (Lipinski definition) is 2. The molecule has 6 heavy (non-hydrogen) atoms. The molecule has 0 aromatic heterocycles. The summed E-state index contributed by atoms with van der Waals surface area (Å²) in [7, 11) is 0.328. The highest BCUT2D eigenvalue weighted by atomic mass is 31.1. The molecule has 0 aromatic rings. The Kier molecular flexibility index (Phi) is 1.34. The molecule has 0 saturated carbocycles. The van der Waals surface area contributed by atoms with Crippen molar-refractivity contribution in [2.45, 2.75) is 0 Å². The molecule has 36 valence electrons. The van der Waals surface area contributed by atoms with Crippen LogP contribution in [0.4, 0.5) is 0 Å². The fourth-order valence-corrected chi connectivity index (χ4v) is 0.692. The third-order valence-electron chi connectivity index (χ3n) is 0.470. The maximum absolute atomic E-state index is 10.0. The second-order valence-electron chi connectivity index (χ2n) is 0.948. The van der Waals surface area contributed by atoms with Crippen molar-refractivity contribution < 1.29 is 9.80 Å². The summed E-state index contributed by atoms with van der Waals surface area (Å²) in [6.07, 6.45) is 0.542. The van der Waals surface area contributed by atoms with Crippen LogP contribution in [0.5, 0.6) is 0 Å². The van der Waals surface area contributed by atoms with Gasteiger partial charge in [-0.2, -0.15) is 0 Å². The minimum atomic E-state index is -0.00617. The van der Waals surface area contributed by atoms with Gasteiger partial charge in [-0.1, -0.05) is 0 Å². The predicted octanol–water partition coefficient (Wildman–Crippen LogP) is -1.63. The minimum absolute atomic E-state index is 0.00617. The van der Waals surface area contributed by atoms with E-state index in [1.807, 2.05) is 0 Å². The molecule has 1 aliphatic heterocycles. The lowest BCUT2D eigenvalue weighted by Crippen LogP contribution is -3.11. The van der Waals surface area contributed by atoms with Crippen LogP contribution in [0.2, 0.25) is 0 Å². The number of rotatable bonds is 0. The van der Waals surface area contributed by atoms with Crippen LogP contribution in [-0.4, -0.2) is 6.29 Å². The standard InChI is InChI=1S/CH5N2O2P/c4-3-1-6-5-2-3/h2-3,6H,1H2. The average molecular weight is 108 g/mol. The Hall–Kier alpha value is 0.270. The van der Waals surface area contributed by atoms with E-state index in [0.717, 1.165) is 0 Å². The Morgan fingerprint density at radius 3 is 3.00 bits per heavy atom. The van der Waals surface area contributed by atoms with Gasteiger partial charge in [-0.15, -0.1) is 0 Å². The fourth-order valence-electron chi connectivity index (χ4n) is 0.231. The van der Waals surface area contributed by atoms with E-state index in [2.05, 4.69) is 10.2 Å². The summed E-state index contributed by atoms with van der Waals surface area (Å²) in [4.78, 5) is 0. The molecule has 2 N–H and O–H groups in total. The summed E-state index contributed by atoms with van der Waals surface area (Å²) in [6, 6.07) is 0. The van der Waals surface area contributed by atoms with E-state index in [9.17, 15) is 5.21 Å². The summed E-state index contributed by atoms with van der Waals surface area (Å²) in [6.45, 7) is 0. The molecule has 4 nitrogen and oxygen atoms in total. The maximum Gasteiger partial charge on any atom is 0.139 e. The summed E-state index contributed by atoms with van der Waals surface area (Å²) < 4.78 is 4.48. The zero-order valence-electron chi connectivity index (χ0n) is 3.02. The largest absolute Gasteiger partial charge is 0.611 e. The molecule has 0 aromatic carbocycles. The molecule has 1 saturated heterocycles. The van der Waals surface area contributed by atoms with Gasteiger partial charge in [0, 0.05) is 0 Å². The van der Waals surface area contributed by atoms with Crippen LogP contribution >= 0.6 is 8.81 Å². The number of hydrogen-bond acceptors (Lipinski definition) is 3. The van der Waals surface area contributed by atoms with E-state index >= 15 is 0 Å². The molecule has 1 fully saturated rings. The van der Waals surface area contributed by atoms with Gasteiger partial charge in [-0.3, -0.25) is 5.17 Å². The SMILES string of the molecule is [O-][NH+]1CPON1. The third-order valence-corrected chi connectivity index (χ3v) is 1.18. The second-order valence-corrected chi connectivity index (χ2v) is 1.79. The molecule has 1 heterocycles. The molecule has 0 spiro atoms. The maximum atomic E-state index is 10.0. The first-order valence-corrected chi connectivity index (χ1v) is 2.68. The van der Waals surface area contributed by atoms with Gasteiger partial charge in [0.1, 0.15) is 15.1 Å². The first-order valence-electron chi connectivity index (χ1n) is 1.57. The van der Waals surface area contributed by atoms with Crippen LogP contribution in [0.25, 0.3) is 0 Å². The van der Waals surface area contributed by atoms with Crippen molar-refractivity contribution in [3.8, 4) is 0 Å². The van der Waals surface area contributed by atoms with Gasteiger partial charge in [0.05, 0.1) is 0 Å². The smallest absolute Gasteiger partial charge is 0.139 e. The van der Waals surface area contributed by atoms with Crippen molar-refractivity contribution in [3.63, 3.8) is 0 Å². The molecule has 1 rings (SSSR count). The zero-order chi connectivity index (χ0) is 4.41. The average Bonchev–Trinajstić information content (AvgIpc) is 1.86. The van der Waals surface area contributed by atoms with Crippen LogP contribution in [0.3, 0.4) is 0 Å². The molecule has 2 unspecified atom stereocenters. The van der Waals surface area contributed by atoms with Gasteiger partial charge in [-0.05, 0) is 5.59 Å². The summed E-state index contributed by atoms with van der Waals surface area (Å²) in [5, 5.41) is 10.0. The number of quaternary nitrogens is 1.